The van der Waals surface area contributed by atoms with Gasteiger partial charge in [-0.2, -0.15) is 0 Å². The highest BCUT2D eigenvalue weighted by molar-refractivity contribution is 6.31. The van der Waals surface area contributed by atoms with Gasteiger partial charge < -0.3 is 24.3 Å². The molecule has 1 fully saturated rings. The first-order valence-corrected chi connectivity index (χ1v) is 7.53. The van der Waals surface area contributed by atoms with Gasteiger partial charge in [0.25, 0.3) is 0 Å². The standard InChI is InChI=1S/C15H18ClNO5/c1-19-14-8-20-7-11(14)17-15(18)5-9-4-12-13(6-10(9)16)22-3-2-21-12/h4,6,11,14H,2-3,5,7-8H2,1H3,(H,17,18)/t11-,14-/m0/s1. The monoisotopic (exact) mass is 327 g/mol. The van der Waals surface area contributed by atoms with Crippen LogP contribution in [0.4, 0.5) is 0 Å². The van der Waals surface area contributed by atoms with Crippen LogP contribution in [-0.4, -0.2) is 51.6 Å². The minimum absolute atomic E-state index is 0.111. The van der Waals surface area contributed by atoms with Crippen molar-refractivity contribution in [1.29, 1.82) is 0 Å². The fraction of sp³-hybridized carbons (Fsp3) is 0.533. The van der Waals surface area contributed by atoms with Crippen LogP contribution >= 0.6 is 11.6 Å². The highest BCUT2D eigenvalue weighted by Gasteiger charge is 2.29. The lowest BCUT2D eigenvalue weighted by molar-refractivity contribution is -0.121. The van der Waals surface area contributed by atoms with Gasteiger partial charge in [-0.25, -0.2) is 0 Å². The van der Waals surface area contributed by atoms with Gasteiger partial charge in [-0.05, 0) is 11.6 Å². The summed E-state index contributed by atoms with van der Waals surface area (Å²) in [5.74, 6) is 1.11. The summed E-state index contributed by atoms with van der Waals surface area (Å²) in [6.07, 6.45) is 0.0577. The minimum Gasteiger partial charge on any atom is -0.486 e. The van der Waals surface area contributed by atoms with Crippen molar-refractivity contribution in [3.05, 3.63) is 22.7 Å². The Balaban J connectivity index is 1.66. The molecule has 0 aliphatic carbocycles. The molecule has 120 valence electrons. The number of rotatable bonds is 4. The van der Waals surface area contributed by atoms with Gasteiger partial charge in [0, 0.05) is 18.2 Å². The fourth-order valence-electron chi connectivity index (χ4n) is 2.57. The molecule has 1 amide bonds. The molecular weight excluding hydrogens is 310 g/mol. The van der Waals surface area contributed by atoms with Gasteiger partial charge in [-0.3, -0.25) is 4.79 Å². The molecule has 1 saturated heterocycles. The van der Waals surface area contributed by atoms with Gasteiger partial charge in [-0.1, -0.05) is 11.6 Å². The van der Waals surface area contributed by atoms with Crippen molar-refractivity contribution in [3.63, 3.8) is 0 Å². The van der Waals surface area contributed by atoms with Crippen LogP contribution in [0.3, 0.4) is 0 Å². The van der Waals surface area contributed by atoms with Crippen LogP contribution in [0.1, 0.15) is 5.56 Å². The molecule has 2 aliphatic heterocycles. The molecule has 0 unspecified atom stereocenters. The Kier molecular flexibility index (Phi) is 4.71. The van der Waals surface area contributed by atoms with Crippen molar-refractivity contribution >= 4 is 17.5 Å². The number of benzene rings is 1. The summed E-state index contributed by atoms with van der Waals surface area (Å²) in [7, 11) is 1.61. The molecule has 3 rings (SSSR count). The first-order chi connectivity index (χ1) is 10.7. The average Bonchev–Trinajstić information content (AvgIpc) is 2.95. The molecule has 0 radical (unpaired) electrons. The van der Waals surface area contributed by atoms with E-state index >= 15 is 0 Å². The van der Waals surface area contributed by atoms with E-state index in [1.165, 1.54) is 0 Å². The van der Waals surface area contributed by atoms with Crippen molar-refractivity contribution in [3.8, 4) is 11.5 Å². The van der Waals surface area contributed by atoms with Gasteiger partial charge in [0.2, 0.25) is 5.91 Å². The number of halogens is 1. The Morgan fingerprint density at radius 2 is 2.05 bits per heavy atom. The van der Waals surface area contributed by atoms with Gasteiger partial charge >= 0.3 is 0 Å². The number of methoxy groups -OCH3 is 1. The Morgan fingerprint density at radius 3 is 2.77 bits per heavy atom. The molecule has 6 nitrogen and oxygen atoms in total. The van der Waals surface area contributed by atoms with Crippen LogP contribution in [0.5, 0.6) is 11.5 Å². The third-order valence-corrected chi connectivity index (χ3v) is 4.09. The van der Waals surface area contributed by atoms with Crippen LogP contribution in [0.2, 0.25) is 5.02 Å². The molecule has 7 heteroatoms. The maximum absolute atomic E-state index is 12.2. The van der Waals surface area contributed by atoms with E-state index in [-0.39, 0.29) is 24.5 Å². The Morgan fingerprint density at radius 1 is 1.32 bits per heavy atom. The molecule has 0 spiro atoms. The zero-order valence-electron chi connectivity index (χ0n) is 12.3. The van der Waals surface area contributed by atoms with Crippen LogP contribution in [0, 0.1) is 0 Å². The molecule has 1 aromatic rings. The second-order valence-corrected chi connectivity index (χ2v) is 5.66. The molecule has 2 aliphatic rings. The third kappa shape index (κ3) is 3.29. The quantitative estimate of drug-likeness (QED) is 0.899. The lowest BCUT2D eigenvalue weighted by Crippen LogP contribution is -2.44. The molecule has 0 saturated carbocycles. The summed E-state index contributed by atoms with van der Waals surface area (Å²) in [5.41, 5.74) is 0.705. The third-order valence-electron chi connectivity index (χ3n) is 3.74. The SMILES string of the molecule is CO[C@H]1COC[C@@H]1NC(=O)Cc1cc2c(cc1Cl)OCCO2. The molecular formula is C15H18ClNO5. The molecule has 2 heterocycles. The van der Waals surface area contributed by atoms with Crippen molar-refractivity contribution in [2.24, 2.45) is 0 Å². The van der Waals surface area contributed by atoms with E-state index in [0.29, 0.717) is 48.5 Å². The first kappa shape index (κ1) is 15.4. The smallest absolute Gasteiger partial charge is 0.224 e. The van der Waals surface area contributed by atoms with Crippen molar-refractivity contribution < 1.29 is 23.7 Å². The van der Waals surface area contributed by atoms with Gasteiger partial charge in [0.15, 0.2) is 11.5 Å². The first-order valence-electron chi connectivity index (χ1n) is 7.15. The maximum atomic E-state index is 12.2. The van der Waals surface area contributed by atoms with E-state index in [1.807, 2.05) is 0 Å². The van der Waals surface area contributed by atoms with E-state index in [1.54, 1.807) is 19.2 Å². The zero-order valence-corrected chi connectivity index (χ0v) is 13.0. The average molecular weight is 328 g/mol. The highest BCUT2D eigenvalue weighted by atomic mass is 35.5. The van der Waals surface area contributed by atoms with Gasteiger partial charge in [-0.15, -0.1) is 0 Å². The van der Waals surface area contributed by atoms with Crippen LogP contribution < -0.4 is 14.8 Å². The molecule has 0 bridgehead atoms. The van der Waals surface area contributed by atoms with Crippen molar-refractivity contribution in [2.45, 2.75) is 18.6 Å². The topological polar surface area (TPSA) is 66.0 Å². The molecule has 1 aromatic carbocycles. The van der Waals surface area contributed by atoms with Crippen molar-refractivity contribution in [1.82, 2.24) is 5.32 Å². The van der Waals surface area contributed by atoms with Crippen LogP contribution in [0.25, 0.3) is 0 Å². The summed E-state index contributed by atoms with van der Waals surface area (Å²) in [6, 6.07) is 3.32. The van der Waals surface area contributed by atoms with Gasteiger partial charge in [0.05, 0.1) is 25.7 Å². The minimum atomic E-state index is -0.131. The number of fused-ring (bicyclic) bond motifs is 1. The summed E-state index contributed by atoms with van der Waals surface area (Å²) >= 11 is 6.21. The maximum Gasteiger partial charge on any atom is 0.224 e. The number of amides is 1. The fourth-order valence-corrected chi connectivity index (χ4v) is 2.79. The van der Waals surface area contributed by atoms with Crippen LogP contribution in [-0.2, 0) is 20.7 Å². The van der Waals surface area contributed by atoms with Crippen LogP contribution in [0.15, 0.2) is 12.1 Å². The van der Waals surface area contributed by atoms with Gasteiger partial charge in [0.1, 0.15) is 19.3 Å². The number of carbonyl (C=O) groups excluding carboxylic acids is 1. The Labute approximate surface area is 133 Å². The Hall–Kier alpha value is -1.50. The lowest BCUT2D eigenvalue weighted by atomic mass is 10.1. The second-order valence-electron chi connectivity index (χ2n) is 5.25. The number of nitrogens with one attached hydrogen (secondary N) is 1. The van der Waals surface area contributed by atoms with E-state index in [0.717, 1.165) is 0 Å². The highest BCUT2D eigenvalue weighted by Crippen LogP contribution is 2.35. The predicted octanol–water partition coefficient (Wildman–Crippen LogP) is 1.18. The molecule has 2 atom stereocenters. The molecule has 0 aromatic heterocycles. The van der Waals surface area contributed by atoms with Crippen molar-refractivity contribution in [2.75, 3.05) is 33.5 Å². The van der Waals surface area contributed by atoms with E-state index < -0.39 is 0 Å². The largest absolute Gasteiger partial charge is 0.486 e. The molecule has 22 heavy (non-hydrogen) atoms. The summed E-state index contributed by atoms with van der Waals surface area (Å²) in [6.45, 7) is 1.95. The summed E-state index contributed by atoms with van der Waals surface area (Å²) in [5, 5.41) is 3.41. The molecule has 1 N–H and O–H groups in total. The Bertz CT molecular complexity index is 565. The van der Waals surface area contributed by atoms with E-state index in [4.69, 9.17) is 30.5 Å². The number of hydrogen-bond donors (Lipinski definition) is 1. The zero-order chi connectivity index (χ0) is 15.5. The summed E-state index contributed by atoms with van der Waals surface area (Å²) < 4.78 is 21.5. The lowest BCUT2D eigenvalue weighted by Gasteiger charge is -2.20. The summed E-state index contributed by atoms with van der Waals surface area (Å²) in [4.78, 5) is 12.2. The van der Waals surface area contributed by atoms with E-state index in [9.17, 15) is 4.79 Å². The number of ether oxygens (including phenoxy) is 4. The second kappa shape index (κ2) is 6.73. The number of carbonyl (C=O) groups is 1. The van der Waals surface area contributed by atoms with E-state index in [2.05, 4.69) is 5.32 Å². The predicted molar refractivity (Wildman–Crippen MR) is 79.7 cm³/mol. The number of hydrogen-bond acceptors (Lipinski definition) is 5. The normalized spacial score (nSPS) is 23.4.